The van der Waals surface area contributed by atoms with E-state index < -0.39 is 29.4 Å². The van der Waals surface area contributed by atoms with E-state index in [0.29, 0.717) is 67.7 Å². The highest BCUT2D eigenvalue weighted by molar-refractivity contribution is 5.83. The predicted molar refractivity (Wildman–Crippen MR) is 179 cm³/mol. The Morgan fingerprint density at radius 3 is 2.59 bits per heavy atom. The van der Waals surface area contributed by atoms with E-state index in [1.54, 1.807) is 19.1 Å². The molecule has 0 bridgehead atoms. The number of fused-ring (bicyclic) bond motifs is 1. The van der Waals surface area contributed by atoms with E-state index in [1.165, 1.54) is 31.5 Å². The molecule has 0 radical (unpaired) electrons. The summed E-state index contributed by atoms with van der Waals surface area (Å²) in [6.07, 6.45) is -0.173. The molecule has 2 aromatic carbocycles. The van der Waals surface area contributed by atoms with E-state index in [1.807, 2.05) is 6.92 Å². The van der Waals surface area contributed by atoms with Crippen molar-refractivity contribution in [2.75, 3.05) is 26.8 Å². The number of halogens is 5. The van der Waals surface area contributed by atoms with Crippen LogP contribution in [0.1, 0.15) is 63.1 Å². The van der Waals surface area contributed by atoms with Gasteiger partial charge in [0.05, 0.1) is 23.8 Å². The van der Waals surface area contributed by atoms with Gasteiger partial charge in [-0.25, -0.2) is 13.6 Å². The number of aromatic nitrogens is 3. The Bertz CT molecular complexity index is 1800. The standard InChI is InChI=1S/C34H42F5N7O3/c1-4-7-28(43-13-6-12-42-20(2)40)25-11-10-24(17-27(25)35)46-18-22-16-29(44-32(22)45-33(46)47)26-14-21(8-5-9-23(41)19-48-3)15-30(31(26)36)49-34(37,38)39/h10-11,14-18,23,28,43H,4-9,12-13,19,41H2,1-3H3,(H2,40,42)(H,44,45,47). The minimum absolute atomic E-state index is 0.0725. The zero-order chi connectivity index (χ0) is 35.7. The van der Waals surface area contributed by atoms with Crippen molar-refractivity contribution in [1.82, 2.24) is 19.9 Å². The van der Waals surface area contributed by atoms with Crippen molar-refractivity contribution in [2.24, 2.45) is 16.5 Å². The summed E-state index contributed by atoms with van der Waals surface area (Å²) in [5.41, 5.74) is 11.8. The normalized spacial score (nSPS) is 13.6. The van der Waals surface area contributed by atoms with Gasteiger partial charge in [0.25, 0.3) is 0 Å². The Morgan fingerprint density at radius 2 is 1.92 bits per heavy atom. The number of aliphatic imine (C=N–C) groups is 1. The summed E-state index contributed by atoms with van der Waals surface area (Å²) in [6, 6.07) is 7.82. The second-order valence-electron chi connectivity index (χ2n) is 11.9. The number of ether oxygens (including phenoxy) is 2. The smallest absolute Gasteiger partial charge is 0.403 e. The molecule has 2 unspecified atom stereocenters. The average Bonchev–Trinajstić information content (AvgIpc) is 3.43. The molecule has 2 aromatic heterocycles. The number of nitrogens with zero attached hydrogens (tertiary/aromatic N) is 3. The van der Waals surface area contributed by atoms with E-state index in [4.69, 9.17) is 16.2 Å². The Kier molecular flexibility index (Phi) is 12.9. The number of methoxy groups -OCH3 is 1. The van der Waals surface area contributed by atoms with Crippen LogP contribution in [0.4, 0.5) is 22.0 Å². The number of aryl methyl sites for hydroxylation is 1. The average molecular weight is 692 g/mol. The van der Waals surface area contributed by atoms with Crippen molar-refractivity contribution in [2.45, 2.75) is 70.8 Å². The SMILES string of the molecule is CCCC(NCCCN=C(C)N)c1ccc(-n2cc3cc(-c4cc(CCCC(N)COC)cc(OC(F)(F)F)c4F)[nH]c3nc2=O)cc1F. The third-order valence-electron chi connectivity index (χ3n) is 7.85. The largest absolute Gasteiger partial charge is 0.573 e. The van der Waals surface area contributed by atoms with Crippen LogP contribution in [0.15, 0.2) is 52.4 Å². The number of hydrogen-bond acceptors (Lipinski definition) is 7. The van der Waals surface area contributed by atoms with Crippen molar-refractivity contribution in [3.05, 3.63) is 75.8 Å². The predicted octanol–water partition coefficient (Wildman–Crippen LogP) is 6.05. The molecule has 4 rings (SSSR count). The van der Waals surface area contributed by atoms with Gasteiger partial charge in [-0.15, -0.1) is 13.2 Å². The van der Waals surface area contributed by atoms with Gasteiger partial charge < -0.3 is 31.2 Å². The van der Waals surface area contributed by atoms with Crippen LogP contribution in [0.25, 0.3) is 28.0 Å². The summed E-state index contributed by atoms with van der Waals surface area (Å²) < 4.78 is 80.7. The van der Waals surface area contributed by atoms with Crippen LogP contribution < -0.4 is 27.2 Å². The molecule has 2 heterocycles. The summed E-state index contributed by atoms with van der Waals surface area (Å²) in [5.74, 6) is -2.24. The lowest BCUT2D eigenvalue weighted by Crippen LogP contribution is -2.25. The Hall–Kier alpha value is -4.34. The van der Waals surface area contributed by atoms with Crippen molar-refractivity contribution in [3.63, 3.8) is 0 Å². The van der Waals surface area contributed by atoms with Crippen LogP contribution in [0.5, 0.6) is 5.75 Å². The molecule has 0 aliphatic carbocycles. The molecule has 6 N–H and O–H groups in total. The minimum atomic E-state index is -5.13. The summed E-state index contributed by atoms with van der Waals surface area (Å²) in [6.45, 7) is 5.20. The number of nitrogens with two attached hydrogens (primary N) is 2. The van der Waals surface area contributed by atoms with E-state index in [-0.39, 0.29) is 34.7 Å². The number of amidine groups is 1. The van der Waals surface area contributed by atoms with Crippen molar-refractivity contribution in [3.8, 4) is 22.7 Å². The highest BCUT2D eigenvalue weighted by Gasteiger charge is 2.33. The fourth-order valence-corrected chi connectivity index (χ4v) is 5.60. The second kappa shape index (κ2) is 16.9. The first kappa shape index (κ1) is 37.5. The highest BCUT2D eigenvalue weighted by atomic mass is 19.4. The maximum Gasteiger partial charge on any atom is 0.573 e. The third-order valence-corrected chi connectivity index (χ3v) is 7.85. The summed E-state index contributed by atoms with van der Waals surface area (Å²) in [4.78, 5) is 24.1. The maximum absolute atomic E-state index is 15.5. The van der Waals surface area contributed by atoms with Gasteiger partial charge in [0.1, 0.15) is 11.5 Å². The van der Waals surface area contributed by atoms with E-state index in [2.05, 4.69) is 25.0 Å². The molecule has 0 fully saturated rings. The Morgan fingerprint density at radius 1 is 1.14 bits per heavy atom. The van der Waals surface area contributed by atoms with Gasteiger partial charge in [0.15, 0.2) is 11.6 Å². The van der Waals surface area contributed by atoms with Crippen LogP contribution in [-0.2, 0) is 11.2 Å². The molecule has 266 valence electrons. The van der Waals surface area contributed by atoms with Gasteiger partial charge in [-0.3, -0.25) is 9.56 Å². The molecule has 0 saturated heterocycles. The molecule has 0 spiro atoms. The number of hydrogen-bond donors (Lipinski definition) is 4. The maximum atomic E-state index is 15.5. The molecule has 49 heavy (non-hydrogen) atoms. The molecule has 2 atom stereocenters. The van der Waals surface area contributed by atoms with Gasteiger partial charge >= 0.3 is 12.1 Å². The van der Waals surface area contributed by atoms with Gasteiger partial charge in [-0.1, -0.05) is 19.4 Å². The fourth-order valence-electron chi connectivity index (χ4n) is 5.60. The molecule has 15 heteroatoms. The van der Waals surface area contributed by atoms with Crippen LogP contribution in [0, 0.1) is 11.6 Å². The number of H-pyrrole nitrogens is 1. The first-order valence-electron chi connectivity index (χ1n) is 16.0. The first-order valence-corrected chi connectivity index (χ1v) is 16.0. The van der Waals surface area contributed by atoms with E-state index in [9.17, 15) is 18.0 Å². The van der Waals surface area contributed by atoms with Crippen molar-refractivity contribution >= 4 is 16.9 Å². The van der Waals surface area contributed by atoms with Crippen LogP contribution in [0.3, 0.4) is 0 Å². The molecule has 4 aromatic rings. The topological polar surface area (TPSA) is 146 Å². The van der Waals surface area contributed by atoms with Crippen LogP contribution in [0.2, 0.25) is 0 Å². The van der Waals surface area contributed by atoms with E-state index in [0.717, 1.165) is 23.5 Å². The highest BCUT2D eigenvalue weighted by Crippen LogP contribution is 2.35. The molecular formula is C34H42F5N7O3. The fraction of sp³-hybridized carbons (Fsp3) is 0.441. The third kappa shape index (κ3) is 10.3. The summed E-state index contributed by atoms with van der Waals surface area (Å²) >= 11 is 0. The van der Waals surface area contributed by atoms with Crippen molar-refractivity contribution in [1.29, 1.82) is 0 Å². The lowest BCUT2D eigenvalue weighted by Gasteiger charge is -2.20. The second-order valence-corrected chi connectivity index (χ2v) is 11.9. The van der Waals surface area contributed by atoms with Crippen molar-refractivity contribution < 1.29 is 31.4 Å². The van der Waals surface area contributed by atoms with Crippen LogP contribution in [-0.4, -0.2) is 59.6 Å². The lowest BCUT2D eigenvalue weighted by atomic mass is 10.0. The number of aromatic amines is 1. The molecule has 0 aliphatic rings. The van der Waals surface area contributed by atoms with Crippen LogP contribution >= 0.6 is 0 Å². The molecular weight excluding hydrogens is 649 g/mol. The van der Waals surface area contributed by atoms with E-state index >= 15 is 8.78 Å². The van der Waals surface area contributed by atoms with Gasteiger partial charge in [-0.05, 0) is 81.5 Å². The molecule has 10 nitrogen and oxygen atoms in total. The molecule has 0 aliphatic heterocycles. The molecule has 0 amide bonds. The summed E-state index contributed by atoms with van der Waals surface area (Å²) in [7, 11) is 1.51. The summed E-state index contributed by atoms with van der Waals surface area (Å²) in [5, 5.41) is 3.70. The monoisotopic (exact) mass is 691 g/mol. The minimum Gasteiger partial charge on any atom is -0.403 e. The lowest BCUT2D eigenvalue weighted by molar-refractivity contribution is -0.275. The number of alkyl halides is 3. The number of nitrogens with one attached hydrogen (secondary N) is 2. The first-order chi connectivity index (χ1) is 23.3. The zero-order valence-corrected chi connectivity index (χ0v) is 27.7. The number of rotatable bonds is 17. The zero-order valence-electron chi connectivity index (χ0n) is 27.7. The Labute approximate surface area is 280 Å². The van der Waals surface area contributed by atoms with Gasteiger partial charge in [0, 0.05) is 48.4 Å². The molecule has 0 saturated carbocycles. The van der Waals surface area contributed by atoms with Gasteiger partial charge in [-0.2, -0.15) is 4.98 Å². The number of benzene rings is 2. The Balaban J connectivity index is 1.64. The van der Waals surface area contributed by atoms with Gasteiger partial charge in [0.2, 0.25) is 0 Å². The quantitative estimate of drug-likeness (QED) is 0.0457.